The van der Waals surface area contributed by atoms with Crippen LogP contribution in [0.4, 0.5) is 18.9 Å². The Balaban J connectivity index is 2.13. The highest BCUT2D eigenvalue weighted by molar-refractivity contribution is 5.86. The van der Waals surface area contributed by atoms with E-state index in [2.05, 4.69) is 4.98 Å². The summed E-state index contributed by atoms with van der Waals surface area (Å²) in [6.07, 6.45) is -1.67. The summed E-state index contributed by atoms with van der Waals surface area (Å²) in [7, 11) is 0. The fourth-order valence-corrected chi connectivity index (χ4v) is 3.19. The Morgan fingerprint density at radius 1 is 1.30 bits per heavy atom. The van der Waals surface area contributed by atoms with Crippen molar-refractivity contribution < 1.29 is 18.0 Å². The number of rotatable bonds is 3. The van der Waals surface area contributed by atoms with Gasteiger partial charge in [-0.05, 0) is 31.0 Å². The molecule has 0 amide bonds. The number of hydrogen-bond acceptors (Lipinski definition) is 3. The number of aromatic nitrogens is 1. The van der Waals surface area contributed by atoms with Gasteiger partial charge in [0.1, 0.15) is 6.29 Å². The van der Waals surface area contributed by atoms with Gasteiger partial charge in [0.15, 0.2) is 0 Å². The Kier molecular flexibility index (Phi) is 3.87. The summed E-state index contributed by atoms with van der Waals surface area (Å²) in [4.78, 5) is 26.6. The SMILES string of the molecule is O=CC[C@H]1CCCN1c1ccc2[nH]c(=O)cc(C(F)(F)F)c2c1. The highest BCUT2D eigenvalue weighted by Crippen LogP contribution is 2.36. The molecule has 7 heteroatoms. The van der Waals surface area contributed by atoms with Crippen molar-refractivity contribution in [1.29, 1.82) is 0 Å². The molecule has 2 aromatic rings. The fourth-order valence-electron chi connectivity index (χ4n) is 3.19. The van der Waals surface area contributed by atoms with Gasteiger partial charge in [-0.1, -0.05) is 0 Å². The van der Waals surface area contributed by atoms with Crippen molar-refractivity contribution >= 4 is 22.9 Å². The molecule has 1 fully saturated rings. The van der Waals surface area contributed by atoms with E-state index in [9.17, 15) is 22.8 Å². The van der Waals surface area contributed by atoms with E-state index >= 15 is 0 Å². The molecule has 4 nitrogen and oxygen atoms in total. The number of aromatic amines is 1. The predicted molar refractivity (Wildman–Crippen MR) is 80.6 cm³/mol. The van der Waals surface area contributed by atoms with E-state index in [0.29, 0.717) is 24.7 Å². The molecule has 1 N–H and O–H groups in total. The quantitative estimate of drug-likeness (QED) is 0.883. The largest absolute Gasteiger partial charge is 0.417 e. The number of nitrogens with zero attached hydrogens (tertiary/aromatic N) is 1. The maximum Gasteiger partial charge on any atom is 0.417 e. The molecule has 2 heterocycles. The third kappa shape index (κ3) is 2.95. The number of halogens is 3. The predicted octanol–water partition coefficient (Wildman–Crippen LogP) is 3.10. The van der Waals surface area contributed by atoms with Crippen LogP contribution in [0.5, 0.6) is 0 Å². The van der Waals surface area contributed by atoms with Gasteiger partial charge in [-0.2, -0.15) is 13.2 Å². The first-order chi connectivity index (χ1) is 10.9. The van der Waals surface area contributed by atoms with E-state index in [-0.39, 0.29) is 16.9 Å². The lowest BCUT2D eigenvalue weighted by Gasteiger charge is -2.26. The Morgan fingerprint density at radius 3 is 2.78 bits per heavy atom. The number of benzene rings is 1. The van der Waals surface area contributed by atoms with E-state index in [1.807, 2.05) is 4.90 Å². The van der Waals surface area contributed by atoms with Crippen LogP contribution in [-0.2, 0) is 11.0 Å². The third-order valence-electron chi connectivity index (χ3n) is 4.21. The lowest BCUT2D eigenvalue weighted by Crippen LogP contribution is -2.29. The second-order valence-corrected chi connectivity index (χ2v) is 5.67. The number of H-pyrrole nitrogens is 1. The summed E-state index contributed by atoms with van der Waals surface area (Å²) in [6, 6.07) is 5.21. The highest BCUT2D eigenvalue weighted by Gasteiger charge is 2.34. The number of nitrogens with one attached hydrogen (secondary N) is 1. The molecule has 1 aromatic heterocycles. The first-order valence-electron chi connectivity index (χ1n) is 7.34. The highest BCUT2D eigenvalue weighted by atomic mass is 19.4. The van der Waals surface area contributed by atoms with Gasteiger partial charge in [-0.25, -0.2) is 0 Å². The second-order valence-electron chi connectivity index (χ2n) is 5.67. The summed E-state index contributed by atoms with van der Waals surface area (Å²) in [5, 5.41) is -0.0358. The molecule has 0 unspecified atom stereocenters. The fraction of sp³-hybridized carbons (Fsp3) is 0.375. The molecule has 0 bridgehead atoms. The zero-order valence-corrected chi connectivity index (χ0v) is 12.2. The lowest BCUT2D eigenvalue weighted by molar-refractivity contribution is -0.136. The maximum atomic E-state index is 13.2. The summed E-state index contributed by atoms with van der Waals surface area (Å²) < 4.78 is 39.6. The minimum atomic E-state index is -4.60. The number of aldehydes is 1. The summed E-state index contributed by atoms with van der Waals surface area (Å²) >= 11 is 0. The molecular weight excluding hydrogens is 309 g/mol. The maximum absolute atomic E-state index is 13.2. The Hall–Kier alpha value is -2.31. The van der Waals surface area contributed by atoms with Crippen LogP contribution in [0, 0.1) is 0 Å². The van der Waals surface area contributed by atoms with Gasteiger partial charge >= 0.3 is 6.18 Å². The first kappa shape index (κ1) is 15.6. The Morgan fingerprint density at radius 2 is 2.09 bits per heavy atom. The van der Waals surface area contributed by atoms with E-state index in [4.69, 9.17) is 0 Å². The average molecular weight is 324 g/mol. The van der Waals surface area contributed by atoms with E-state index in [0.717, 1.165) is 19.1 Å². The van der Waals surface area contributed by atoms with Crippen molar-refractivity contribution in [2.75, 3.05) is 11.4 Å². The zero-order valence-electron chi connectivity index (χ0n) is 12.2. The summed E-state index contributed by atoms with van der Waals surface area (Å²) in [5.41, 5.74) is -0.930. The molecule has 1 saturated heterocycles. The third-order valence-corrected chi connectivity index (χ3v) is 4.21. The van der Waals surface area contributed by atoms with Gasteiger partial charge < -0.3 is 14.7 Å². The van der Waals surface area contributed by atoms with Gasteiger partial charge in [-0.3, -0.25) is 4.79 Å². The van der Waals surface area contributed by atoms with Gasteiger partial charge in [-0.15, -0.1) is 0 Å². The van der Waals surface area contributed by atoms with Crippen molar-refractivity contribution in [3.05, 3.63) is 40.2 Å². The van der Waals surface area contributed by atoms with Gasteiger partial charge in [0.05, 0.1) is 5.56 Å². The van der Waals surface area contributed by atoms with Crippen LogP contribution in [0.1, 0.15) is 24.8 Å². The van der Waals surface area contributed by atoms with Crippen LogP contribution < -0.4 is 10.5 Å². The number of hydrogen-bond donors (Lipinski definition) is 1. The smallest absolute Gasteiger partial charge is 0.368 e. The molecule has 3 rings (SSSR count). The number of anilines is 1. The van der Waals surface area contributed by atoms with Crippen molar-refractivity contribution in [2.24, 2.45) is 0 Å². The molecule has 122 valence electrons. The summed E-state index contributed by atoms with van der Waals surface area (Å²) in [5.74, 6) is 0. The number of carbonyl (C=O) groups excluding carboxylic acids is 1. The van der Waals surface area contributed by atoms with Crippen molar-refractivity contribution in [3.8, 4) is 0 Å². The zero-order chi connectivity index (χ0) is 16.6. The van der Waals surface area contributed by atoms with E-state index < -0.39 is 17.3 Å². The summed E-state index contributed by atoms with van der Waals surface area (Å²) in [6.45, 7) is 0.703. The average Bonchev–Trinajstić information content (AvgIpc) is 2.93. The molecule has 0 spiro atoms. The minimum Gasteiger partial charge on any atom is -0.368 e. The van der Waals surface area contributed by atoms with Crippen LogP contribution in [0.25, 0.3) is 10.9 Å². The van der Waals surface area contributed by atoms with Crippen molar-refractivity contribution in [2.45, 2.75) is 31.5 Å². The standard InChI is InChI=1S/C16H15F3N2O2/c17-16(18,19)13-9-15(23)20-14-4-3-11(8-12(13)14)21-6-1-2-10(21)5-7-22/h3-4,7-10H,1-2,5-6H2,(H,20,23)/t10-/m1/s1. The molecule has 0 aliphatic carbocycles. The van der Waals surface area contributed by atoms with Crippen molar-refractivity contribution in [1.82, 2.24) is 4.98 Å². The van der Waals surface area contributed by atoms with Gasteiger partial charge in [0, 0.05) is 41.7 Å². The number of pyridine rings is 1. The molecule has 1 atom stereocenters. The monoisotopic (exact) mass is 324 g/mol. The molecule has 1 aliphatic rings. The molecule has 23 heavy (non-hydrogen) atoms. The normalized spacial score (nSPS) is 18.6. The number of alkyl halides is 3. The van der Waals surface area contributed by atoms with Crippen LogP contribution in [0.2, 0.25) is 0 Å². The number of carbonyl (C=O) groups is 1. The molecule has 1 aromatic carbocycles. The van der Waals surface area contributed by atoms with Crippen LogP contribution in [0.3, 0.4) is 0 Å². The van der Waals surface area contributed by atoms with E-state index in [1.54, 1.807) is 6.07 Å². The topological polar surface area (TPSA) is 53.2 Å². The van der Waals surface area contributed by atoms with Crippen LogP contribution >= 0.6 is 0 Å². The van der Waals surface area contributed by atoms with Crippen LogP contribution in [0.15, 0.2) is 29.1 Å². The molecule has 0 saturated carbocycles. The van der Waals surface area contributed by atoms with Gasteiger partial charge in [0.25, 0.3) is 0 Å². The number of fused-ring (bicyclic) bond motifs is 1. The van der Waals surface area contributed by atoms with Crippen LogP contribution in [-0.4, -0.2) is 23.9 Å². The van der Waals surface area contributed by atoms with Crippen molar-refractivity contribution in [3.63, 3.8) is 0 Å². The molecule has 0 radical (unpaired) electrons. The molecule has 1 aliphatic heterocycles. The van der Waals surface area contributed by atoms with E-state index in [1.165, 1.54) is 12.1 Å². The minimum absolute atomic E-state index is 0.0158. The first-order valence-corrected chi connectivity index (χ1v) is 7.34. The Bertz CT molecular complexity index is 798. The van der Waals surface area contributed by atoms with Gasteiger partial charge in [0.2, 0.25) is 5.56 Å². The second kappa shape index (κ2) is 5.72. The lowest BCUT2D eigenvalue weighted by atomic mass is 10.1. The Labute approximate surface area is 129 Å². The molecular formula is C16H15F3N2O2.